The third-order valence-corrected chi connectivity index (χ3v) is 4.45. The van der Waals surface area contributed by atoms with Crippen LogP contribution in [0.2, 0.25) is 0 Å². The molecule has 1 aromatic heterocycles. The number of aryl methyl sites for hydroxylation is 2. The minimum Gasteiger partial charge on any atom is -0.349 e. The smallest absolute Gasteiger partial charge is 0.261 e. The van der Waals surface area contributed by atoms with Gasteiger partial charge in [-0.3, -0.25) is 4.79 Å². The molecule has 0 saturated carbocycles. The summed E-state index contributed by atoms with van der Waals surface area (Å²) in [5.74, 6) is 0.0955. The number of amides is 1. The summed E-state index contributed by atoms with van der Waals surface area (Å²) < 4.78 is 0. The third-order valence-electron chi connectivity index (χ3n) is 3.30. The molecule has 0 aliphatic carbocycles. The summed E-state index contributed by atoms with van der Waals surface area (Å²) in [6, 6.07) is 2.32. The molecule has 1 aliphatic heterocycles. The number of hydrogen-bond acceptors (Lipinski definition) is 3. The van der Waals surface area contributed by atoms with E-state index in [1.807, 2.05) is 6.07 Å². The Kier molecular flexibility index (Phi) is 4.18. The molecule has 0 radical (unpaired) electrons. The summed E-state index contributed by atoms with van der Waals surface area (Å²) in [6.07, 6.45) is 3.27. The van der Waals surface area contributed by atoms with Crippen LogP contribution in [0.25, 0.3) is 0 Å². The molecule has 0 bridgehead atoms. The van der Waals surface area contributed by atoms with E-state index in [9.17, 15) is 4.79 Å². The molecule has 0 spiro atoms. The molecule has 1 aromatic rings. The highest BCUT2D eigenvalue weighted by Gasteiger charge is 2.17. The van der Waals surface area contributed by atoms with Crippen molar-refractivity contribution >= 4 is 17.2 Å². The van der Waals surface area contributed by atoms with Crippen LogP contribution in [-0.4, -0.2) is 25.0 Å². The predicted molar refractivity (Wildman–Crippen MR) is 71.8 cm³/mol. The molecule has 1 saturated heterocycles. The molecule has 94 valence electrons. The third kappa shape index (κ3) is 3.30. The summed E-state index contributed by atoms with van der Waals surface area (Å²) in [7, 11) is 0. The van der Waals surface area contributed by atoms with Crippen LogP contribution in [0, 0.1) is 13.8 Å². The lowest BCUT2D eigenvalue weighted by molar-refractivity contribution is 0.0938. The van der Waals surface area contributed by atoms with Crippen LogP contribution < -0.4 is 10.6 Å². The second-order valence-electron chi connectivity index (χ2n) is 4.70. The molecule has 2 rings (SSSR count). The van der Waals surface area contributed by atoms with Crippen molar-refractivity contribution in [3.8, 4) is 0 Å². The van der Waals surface area contributed by atoms with Crippen molar-refractivity contribution in [1.29, 1.82) is 0 Å². The summed E-state index contributed by atoms with van der Waals surface area (Å²) >= 11 is 1.59. The van der Waals surface area contributed by atoms with Crippen LogP contribution in [0.1, 0.15) is 39.4 Å². The number of hydrogen-bond donors (Lipinski definition) is 2. The minimum atomic E-state index is 0.0955. The first-order valence-electron chi connectivity index (χ1n) is 6.25. The fraction of sp³-hybridized carbons (Fsp3) is 0.615. The molecule has 1 atom stereocenters. The van der Waals surface area contributed by atoms with Gasteiger partial charge in [-0.25, -0.2) is 0 Å². The van der Waals surface area contributed by atoms with E-state index in [-0.39, 0.29) is 5.91 Å². The van der Waals surface area contributed by atoms with Crippen molar-refractivity contribution in [3.05, 3.63) is 21.4 Å². The van der Waals surface area contributed by atoms with Gasteiger partial charge in [0.1, 0.15) is 0 Å². The maximum atomic E-state index is 12.1. The van der Waals surface area contributed by atoms with Crippen molar-refractivity contribution < 1.29 is 4.79 Å². The quantitative estimate of drug-likeness (QED) is 0.847. The number of carbonyl (C=O) groups excluding carboxylic acids is 1. The Morgan fingerprint density at radius 2 is 2.24 bits per heavy atom. The van der Waals surface area contributed by atoms with Gasteiger partial charge in [0.2, 0.25) is 0 Å². The van der Waals surface area contributed by atoms with Gasteiger partial charge in [-0.05, 0) is 57.8 Å². The molecular weight excluding hydrogens is 232 g/mol. The highest BCUT2D eigenvalue weighted by Crippen LogP contribution is 2.20. The average molecular weight is 252 g/mol. The fourth-order valence-corrected chi connectivity index (χ4v) is 3.04. The monoisotopic (exact) mass is 252 g/mol. The van der Waals surface area contributed by atoms with Gasteiger partial charge in [-0.15, -0.1) is 11.3 Å². The number of thiophene rings is 1. The Bertz CT molecular complexity index is 373. The van der Waals surface area contributed by atoms with Crippen LogP contribution in [0.5, 0.6) is 0 Å². The number of nitrogens with one attached hydrogen (secondary N) is 2. The van der Waals surface area contributed by atoms with Crippen molar-refractivity contribution in [3.63, 3.8) is 0 Å². The minimum absolute atomic E-state index is 0.0955. The highest BCUT2D eigenvalue weighted by atomic mass is 32.1. The van der Waals surface area contributed by atoms with Gasteiger partial charge in [-0.1, -0.05) is 0 Å². The lowest BCUT2D eigenvalue weighted by atomic mass is 10.1. The molecule has 1 unspecified atom stereocenters. The van der Waals surface area contributed by atoms with Crippen molar-refractivity contribution in [2.45, 2.75) is 39.2 Å². The van der Waals surface area contributed by atoms with E-state index in [0.717, 1.165) is 37.2 Å². The Labute approximate surface area is 107 Å². The molecule has 17 heavy (non-hydrogen) atoms. The Hall–Kier alpha value is -0.870. The molecular formula is C13H20N2OS. The van der Waals surface area contributed by atoms with Crippen LogP contribution in [0.15, 0.2) is 6.07 Å². The second kappa shape index (κ2) is 5.65. The number of carbonyl (C=O) groups is 1. The van der Waals surface area contributed by atoms with Crippen LogP contribution in [-0.2, 0) is 0 Å². The van der Waals surface area contributed by atoms with Crippen molar-refractivity contribution in [2.75, 3.05) is 13.1 Å². The van der Waals surface area contributed by atoms with Gasteiger partial charge >= 0.3 is 0 Å². The maximum absolute atomic E-state index is 12.1. The molecule has 2 N–H and O–H groups in total. The molecule has 1 aliphatic rings. The van der Waals surface area contributed by atoms with Crippen molar-refractivity contribution in [1.82, 2.24) is 10.6 Å². The molecule has 1 amide bonds. The highest BCUT2D eigenvalue weighted by molar-refractivity contribution is 7.14. The standard InChI is InChI=1S/C13H20N2OS/c1-9-8-12(17-10(9)2)13(16)15-11-4-3-6-14-7-5-11/h8,11,14H,3-7H2,1-2H3,(H,15,16). The molecule has 4 heteroatoms. The Balaban J connectivity index is 1.95. The van der Waals surface area contributed by atoms with E-state index < -0.39 is 0 Å². The average Bonchev–Trinajstić information content (AvgIpc) is 2.54. The summed E-state index contributed by atoms with van der Waals surface area (Å²) in [5, 5.41) is 6.50. The lowest BCUT2D eigenvalue weighted by Crippen LogP contribution is -2.34. The van der Waals surface area contributed by atoms with E-state index >= 15 is 0 Å². The number of rotatable bonds is 2. The van der Waals surface area contributed by atoms with Crippen LogP contribution >= 0.6 is 11.3 Å². The normalized spacial score (nSPS) is 20.9. The zero-order valence-electron chi connectivity index (χ0n) is 10.5. The maximum Gasteiger partial charge on any atom is 0.261 e. The Morgan fingerprint density at radius 3 is 2.94 bits per heavy atom. The molecule has 0 aromatic carbocycles. The molecule has 3 nitrogen and oxygen atoms in total. The van der Waals surface area contributed by atoms with E-state index in [4.69, 9.17) is 0 Å². The topological polar surface area (TPSA) is 41.1 Å². The SMILES string of the molecule is Cc1cc(C(=O)NC2CCCNCC2)sc1C. The van der Waals surface area contributed by atoms with E-state index in [1.54, 1.807) is 11.3 Å². The zero-order valence-corrected chi connectivity index (χ0v) is 11.3. The summed E-state index contributed by atoms with van der Waals surface area (Å²) in [4.78, 5) is 14.1. The van der Waals surface area contributed by atoms with Crippen molar-refractivity contribution in [2.24, 2.45) is 0 Å². The van der Waals surface area contributed by atoms with E-state index in [2.05, 4.69) is 24.5 Å². The van der Waals surface area contributed by atoms with E-state index in [1.165, 1.54) is 10.4 Å². The fourth-order valence-electron chi connectivity index (χ4n) is 2.11. The van der Waals surface area contributed by atoms with E-state index in [0.29, 0.717) is 6.04 Å². The van der Waals surface area contributed by atoms with Gasteiger partial charge in [0.15, 0.2) is 0 Å². The van der Waals surface area contributed by atoms with Gasteiger partial charge in [0, 0.05) is 10.9 Å². The van der Waals surface area contributed by atoms with Gasteiger partial charge in [0.25, 0.3) is 5.91 Å². The van der Waals surface area contributed by atoms with Gasteiger partial charge < -0.3 is 10.6 Å². The first kappa shape index (κ1) is 12.6. The van der Waals surface area contributed by atoms with Gasteiger partial charge in [0.05, 0.1) is 4.88 Å². The van der Waals surface area contributed by atoms with Crippen LogP contribution in [0.4, 0.5) is 0 Å². The van der Waals surface area contributed by atoms with Gasteiger partial charge in [-0.2, -0.15) is 0 Å². The lowest BCUT2D eigenvalue weighted by Gasteiger charge is -2.14. The zero-order chi connectivity index (χ0) is 12.3. The predicted octanol–water partition coefficient (Wildman–Crippen LogP) is 2.24. The van der Waals surface area contributed by atoms with Crippen LogP contribution in [0.3, 0.4) is 0 Å². The molecule has 1 fully saturated rings. The Morgan fingerprint density at radius 1 is 1.41 bits per heavy atom. The first-order chi connectivity index (χ1) is 8.16. The summed E-state index contributed by atoms with van der Waals surface area (Å²) in [5.41, 5.74) is 1.21. The summed E-state index contributed by atoms with van der Waals surface area (Å²) in [6.45, 7) is 6.20. The largest absolute Gasteiger partial charge is 0.349 e. The molecule has 2 heterocycles. The first-order valence-corrected chi connectivity index (χ1v) is 7.07. The second-order valence-corrected chi connectivity index (χ2v) is 5.96.